The first-order valence-corrected chi connectivity index (χ1v) is 3.87. The van der Waals surface area contributed by atoms with Gasteiger partial charge in [0.05, 0.1) is 25.5 Å². The quantitative estimate of drug-likeness (QED) is 0.631. The van der Waals surface area contributed by atoms with Crippen molar-refractivity contribution < 1.29 is 9.53 Å². The Bertz CT molecular complexity index is 299. The number of rotatable bonds is 2. The summed E-state index contributed by atoms with van der Waals surface area (Å²) >= 11 is 0. The molecule has 1 amide bonds. The summed E-state index contributed by atoms with van der Waals surface area (Å²) in [5, 5.41) is 9.85. The Morgan fingerprint density at radius 3 is 3.00 bits per heavy atom. The average molecular weight is 180 g/mol. The van der Waals surface area contributed by atoms with Gasteiger partial charge < -0.3 is 10.1 Å². The highest BCUT2D eigenvalue weighted by Crippen LogP contribution is 2.00. The molecular formula is C7H8N4O2. The molecule has 0 unspecified atom stereocenters. The van der Waals surface area contributed by atoms with Crippen molar-refractivity contribution in [2.75, 3.05) is 13.2 Å². The lowest BCUT2D eigenvalue weighted by Gasteiger charge is -2.26. The topological polar surface area (TPSA) is 77.0 Å². The van der Waals surface area contributed by atoms with Crippen molar-refractivity contribution in [3.05, 3.63) is 18.2 Å². The minimum absolute atomic E-state index is 0.106. The molecule has 1 aliphatic heterocycles. The van der Waals surface area contributed by atoms with Crippen LogP contribution in [-0.2, 0) is 4.74 Å². The van der Waals surface area contributed by atoms with E-state index in [0.29, 0.717) is 13.2 Å². The molecule has 1 aromatic rings. The molecule has 68 valence electrons. The van der Waals surface area contributed by atoms with Crippen LogP contribution in [-0.4, -0.2) is 40.3 Å². The van der Waals surface area contributed by atoms with Gasteiger partial charge >= 0.3 is 0 Å². The van der Waals surface area contributed by atoms with E-state index in [1.165, 1.54) is 12.5 Å². The number of ether oxygens (including phenoxy) is 1. The van der Waals surface area contributed by atoms with Crippen molar-refractivity contribution in [2.24, 2.45) is 0 Å². The van der Waals surface area contributed by atoms with Crippen LogP contribution in [0.3, 0.4) is 0 Å². The van der Waals surface area contributed by atoms with Gasteiger partial charge in [-0.3, -0.25) is 4.79 Å². The standard InChI is InChI=1S/C7H8N4O2/c12-7(10-5-2-13-3-5)6-1-8-4-9-11-6/h1,4-5H,2-3H2,(H,10,12). The minimum Gasteiger partial charge on any atom is -0.377 e. The molecule has 1 aliphatic rings. The Morgan fingerprint density at radius 1 is 1.62 bits per heavy atom. The SMILES string of the molecule is O=C(NC1COC1)c1cncnn1. The minimum atomic E-state index is -0.256. The smallest absolute Gasteiger partial charge is 0.273 e. The van der Waals surface area contributed by atoms with Gasteiger partial charge in [-0.25, -0.2) is 4.98 Å². The molecule has 0 aromatic carbocycles. The molecule has 0 radical (unpaired) electrons. The molecule has 0 saturated carbocycles. The summed E-state index contributed by atoms with van der Waals surface area (Å²) in [6, 6.07) is 0.106. The highest BCUT2D eigenvalue weighted by Gasteiger charge is 2.21. The summed E-state index contributed by atoms with van der Waals surface area (Å²) in [5.41, 5.74) is 0.231. The summed E-state index contributed by atoms with van der Waals surface area (Å²) < 4.78 is 4.91. The molecule has 1 saturated heterocycles. The Hall–Kier alpha value is -1.56. The third kappa shape index (κ3) is 1.78. The van der Waals surface area contributed by atoms with E-state index < -0.39 is 0 Å². The van der Waals surface area contributed by atoms with E-state index in [9.17, 15) is 4.79 Å². The van der Waals surface area contributed by atoms with Crippen molar-refractivity contribution in [1.29, 1.82) is 0 Å². The van der Waals surface area contributed by atoms with E-state index in [-0.39, 0.29) is 17.6 Å². The van der Waals surface area contributed by atoms with Gasteiger partial charge in [0.1, 0.15) is 6.33 Å². The Morgan fingerprint density at radius 2 is 2.46 bits per heavy atom. The summed E-state index contributed by atoms with van der Waals surface area (Å²) in [6.07, 6.45) is 2.66. The Kier molecular flexibility index (Phi) is 2.13. The first kappa shape index (κ1) is 8.06. The molecule has 0 atom stereocenters. The van der Waals surface area contributed by atoms with Gasteiger partial charge in [0, 0.05) is 0 Å². The summed E-state index contributed by atoms with van der Waals surface area (Å²) in [5.74, 6) is -0.256. The third-order valence-electron chi connectivity index (χ3n) is 1.69. The second-order valence-corrected chi connectivity index (χ2v) is 2.70. The molecule has 1 aromatic heterocycles. The van der Waals surface area contributed by atoms with Gasteiger partial charge in [-0.15, -0.1) is 10.2 Å². The number of aromatic nitrogens is 3. The number of amides is 1. The maximum absolute atomic E-state index is 11.3. The number of hydrogen-bond acceptors (Lipinski definition) is 5. The number of nitrogens with one attached hydrogen (secondary N) is 1. The normalized spacial score (nSPS) is 16.3. The molecule has 6 nitrogen and oxygen atoms in total. The molecule has 0 spiro atoms. The predicted molar refractivity (Wildman–Crippen MR) is 41.9 cm³/mol. The van der Waals surface area contributed by atoms with E-state index in [2.05, 4.69) is 20.5 Å². The van der Waals surface area contributed by atoms with E-state index in [0.717, 1.165) is 0 Å². The summed E-state index contributed by atoms with van der Waals surface area (Å²) in [7, 11) is 0. The lowest BCUT2D eigenvalue weighted by molar-refractivity contribution is -0.00357. The lowest BCUT2D eigenvalue weighted by atomic mass is 10.2. The molecule has 13 heavy (non-hydrogen) atoms. The largest absolute Gasteiger partial charge is 0.377 e. The first-order valence-electron chi connectivity index (χ1n) is 3.87. The zero-order valence-electron chi connectivity index (χ0n) is 6.80. The zero-order chi connectivity index (χ0) is 9.10. The fourth-order valence-corrected chi connectivity index (χ4v) is 0.930. The van der Waals surface area contributed by atoms with Crippen LogP contribution in [0.15, 0.2) is 12.5 Å². The molecule has 1 N–H and O–H groups in total. The number of hydrogen-bond donors (Lipinski definition) is 1. The highest BCUT2D eigenvalue weighted by molar-refractivity contribution is 5.91. The van der Waals surface area contributed by atoms with Crippen LogP contribution < -0.4 is 5.32 Å². The maximum Gasteiger partial charge on any atom is 0.273 e. The van der Waals surface area contributed by atoms with Crippen LogP contribution in [0.5, 0.6) is 0 Å². The second kappa shape index (κ2) is 3.44. The van der Waals surface area contributed by atoms with Crippen LogP contribution in [0.1, 0.15) is 10.5 Å². The van der Waals surface area contributed by atoms with Gasteiger partial charge in [-0.05, 0) is 0 Å². The van der Waals surface area contributed by atoms with E-state index >= 15 is 0 Å². The summed E-state index contributed by atoms with van der Waals surface area (Å²) in [4.78, 5) is 15.0. The van der Waals surface area contributed by atoms with Crippen molar-refractivity contribution >= 4 is 5.91 Å². The number of nitrogens with zero attached hydrogens (tertiary/aromatic N) is 3. The van der Waals surface area contributed by atoms with Gasteiger partial charge in [0.15, 0.2) is 5.69 Å². The zero-order valence-corrected chi connectivity index (χ0v) is 6.80. The predicted octanol–water partition coefficient (Wildman–Crippen LogP) is -1.000. The van der Waals surface area contributed by atoms with Crippen LogP contribution >= 0.6 is 0 Å². The molecule has 0 bridgehead atoms. The fraction of sp³-hybridized carbons (Fsp3) is 0.429. The number of carbonyl (C=O) groups is 1. The van der Waals surface area contributed by atoms with Crippen LogP contribution in [0.2, 0.25) is 0 Å². The van der Waals surface area contributed by atoms with Crippen molar-refractivity contribution in [1.82, 2.24) is 20.5 Å². The molecule has 0 aliphatic carbocycles. The van der Waals surface area contributed by atoms with Gasteiger partial charge in [-0.1, -0.05) is 0 Å². The Labute approximate surface area is 74.3 Å². The molecule has 2 rings (SSSR count). The van der Waals surface area contributed by atoms with Crippen LogP contribution in [0.25, 0.3) is 0 Å². The lowest BCUT2D eigenvalue weighted by Crippen LogP contribution is -2.48. The Balaban J connectivity index is 1.97. The first-order chi connectivity index (χ1) is 6.36. The van der Waals surface area contributed by atoms with Crippen molar-refractivity contribution in [3.63, 3.8) is 0 Å². The van der Waals surface area contributed by atoms with Crippen LogP contribution in [0.4, 0.5) is 0 Å². The van der Waals surface area contributed by atoms with E-state index in [4.69, 9.17) is 4.74 Å². The van der Waals surface area contributed by atoms with Crippen LogP contribution in [0, 0.1) is 0 Å². The number of carbonyl (C=O) groups excluding carboxylic acids is 1. The second-order valence-electron chi connectivity index (χ2n) is 2.70. The van der Waals surface area contributed by atoms with Crippen molar-refractivity contribution in [2.45, 2.75) is 6.04 Å². The third-order valence-corrected chi connectivity index (χ3v) is 1.69. The maximum atomic E-state index is 11.3. The molecule has 2 heterocycles. The monoisotopic (exact) mass is 180 g/mol. The summed E-state index contributed by atoms with van der Waals surface area (Å²) in [6.45, 7) is 1.14. The van der Waals surface area contributed by atoms with Crippen molar-refractivity contribution in [3.8, 4) is 0 Å². The fourth-order valence-electron chi connectivity index (χ4n) is 0.930. The average Bonchev–Trinajstić information content (AvgIpc) is 2.12. The molecule has 6 heteroatoms. The molecule has 1 fully saturated rings. The van der Waals surface area contributed by atoms with E-state index in [1.54, 1.807) is 0 Å². The molecular weight excluding hydrogens is 172 g/mol. The van der Waals surface area contributed by atoms with Gasteiger partial charge in [-0.2, -0.15) is 0 Å². The van der Waals surface area contributed by atoms with Gasteiger partial charge in [0.2, 0.25) is 0 Å². The van der Waals surface area contributed by atoms with Gasteiger partial charge in [0.25, 0.3) is 5.91 Å². The highest BCUT2D eigenvalue weighted by atomic mass is 16.5. The van der Waals surface area contributed by atoms with E-state index in [1.807, 2.05) is 0 Å².